The highest BCUT2D eigenvalue weighted by Crippen LogP contribution is 2.29. The van der Waals surface area contributed by atoms with E-state index in [1.807, 2.05) is 16.8 Å². The molecule has 0 atom stereocenters. The van der Waals surface area contributed by atoms with Gasteiger partial charge in [-0.15, -0.1) is 0 Å². The third kappa shape index (κ3) is 2.95. The van der Waals surface area contributed by atoms with Crippen LogP contribution < -0.4 is 5.73 Å². The van der Waals surface area contributed by atoms with Gasteiger partial charge in [0, 0.05) is 13.6 Å². The van der Waals surface area contributed by atoms with Crippen LogP contribution in [-0.2, 0) is 16.6 Å². The highest BCUT2D eigenvalue weighted by Gasteiger charge is 2.25. The van der Waals surface area contributed by atoms with Crippen LogP contribution in [0.15, 0.2) is 33.9 Å². The first-order chi connectivity index (χ1) is 9.32. The van der Waals surface area contributed by atoms with Crippen LogP contribution in [0, 0.1) is 5.82 Å². The summed E-state index contributed by atoms with van der Waals surface area (Å²) in [6.45, 7) is 0.208. The number of nitrogen functional groups attached to an aromatic ring is 1. The molecule has 0 saturated carbocycles. The number of nitrogens with two attached hydrogens (primary N) is 1. The Balaban J connectivity index is 2.37. The molecule has 0 bridgehead atoms. The summed E-state index contributed by atoms with van der Waals surface area (Å²) in [4.78, 5) is -0.198. The predicted octanol–water partition coefficient (Wildman–Crippen LogP) is 2.94. The molecule has 108 valence electrons. The van der Waals surface area contributed by atoms with Crippen molar-refractivity contribution in [3.8, 4) is 0 Å². The number of halogens is 2. The molecule has 0 spiro atoms. The van der Waals surface area contributed by atoms with E-state index in [0.717, 1.165) is 22.0 Å². The van der Waals surface area contributed by atoms with Crippen molar-refractivity contribution in [2.24, 2.45) is 0 Å². The van der Waals surface area contributed by atoms with E-state index in [2.05, 4.69) is 0 Å². The standard InChI is InChI=1S/C12H12ClFN2O2S2/c1-16(6-8-2-3-19-7-8)20(17,18)12-5-11(15)10(14)4-9(12)13/h2-5,7H,6,15H2,1H3. The molecule has 0 aliphatic heterocycles. The third-order valence-electron chi connectivity index (χ3n) is 2.72. The molecule has 0 aliphatic carbocycles. The molecule has 0 radical (unpaired) electrons. The molecule has 2 rings (SSSR count). The minimum atomic E-state index is -3.83. The van der Waals surface area contributed by atoms with Crippen LogP contribution in [0.2, 0.25) is 5.02 Å². The topological polar surface area (TPSA) is 63.4 Å². The van der Waals surface area contributed by atoms with Crippen molar-refractivity contribution in [2.75, 3.05) is 12.8 Å². The maximum absolute atomic E-state index is 13.2. The second kappa shape index (κ2) is 5.69. The van der Waals surface area contributed by atoms with Crippen molar-refractivity contribution < 1.29 is 12.8 Å². The minimum Gasteiger partial charge on any atom is -0.396 e. The van der Waals surface area contributed by atoms with Crippen molar-refractivity contribution in [1.82, 2.24) is 4.31 Å². The molecule has 0 amide bonds. The summed E-state index contributed by atoms with van der Waals surface area (Å²) in [6, 6.07) is 3.77. The Labute approximate surface area is 125 Å². The molecule has 1 aromatic heterocycles. The molecule has 2 aromatic rings. The lowest BCUT2D eigenvalue weighted by Gasteiger charge is -2.18. The van der Waals surface area contributed by atoms with E-state index in [1.165, 1.54) is 18.4 Å². The van der Waals surface area contributed by atoms with Crippen LogP contribution >= 0.6 is 22.9 Å². The van der Waals surface area contributed by atoms with Gasteiger partial charge in [-0.1, -0.05) is 11.6 Å². The average molecular weight is 335 g/mol. The van der Waals surface area contributed by atoms with Gasteiger partial charge in [0.2, 0.25) is 10.0 Å². The first-order valence-corrected chi connectivity index (χ1v) is 8.30. The van der Waals surface area contributed by atoms with Gasteiger partial charge in [0.15, 0.2) is 0 Å². The van der Waals surface area contributed by atoms with Crippen molar-refractivity contribution in [3.63, 3.8) is 0 Å². The number of benzene rings is 1. The molecule has 2 N–H and O–H groups in total. The van der Waals surface area contributed by atoms with E-state index < -0.39 is 15.8 Å². The minimum absolute atomic E-state index is 0.186. The van der Waals surface area contributed by atoms with Crippen LogP contribution in [0.4, 0.5) is 10.1 Å². The number of thiophene rings is 1. The lowest BCUT2D eigenvalue weighted by molar-refractivity contribution is 0.467. The van der Waals surface area contributed by atoms with Gasteiger partial charge in [-0.05, 0) is 34.5 Å². The maximum Gasteiger partial charge on any atom is 0.244 e. The van der Waals surface area contributed by atoms with Gasteiger partial charge in [-0.25, -0.2) is 12.8 Å². The van der Waals surface area contributed by atoms with Crippen molar-refractivity contribution in [2.45, 2.75) is 11.4 Å². The zero-order chi connectivity index (χ0) is 14.9. The van der Waals surface area contributed by atoms with E-state index >= 15 is 0 Å². The first kappa shape index (κ1) is 15.2. The summed E-state index contributed by atoms with van der Waals surface area (Å²) in [5.41, 5.74) is 6.02. The van der Waals surface area contributed by atoms with Crippen molar-refractivity contribution in [3.05, 3.63) is 45.4 Å². The lowest BCUT2D eigenvalue weighted by atomic mass is 10.3. The molecule has 4 nitrogen and oxygen atoms in total. The van der Waals surface area contributed by atoms with Gasteiger partial charge in [0.1, 0.15) is 10.7 Å². The van der Waals surface area contributed by atoms with Gasteiger partial charge < -0.3 is 5.73 Å². The molecule has 0 saturated heterocycles. The largest absolute Gasteiger partial charge is 0.396 e. The molecule has 20 heavy (non-hydrogen) atoms. The molecule has 0 aliphatic rings. The van der Waals surface area contributed by atoms with E-state index in [1.54, 1.807) is 0 Å². The summed E-state index contributed by atoms with van der Waals surface area (Å²) in [7, 11) is -2.39. The van der Waals surface area contributed by atoms with Gasteiger partial charge in [-0.2, -0.15) is 15.6 Å². The smallest absolute Gasteiger partial charge is 0.244 e. The Morgan fingerprint density at radius 3 is 2.75 bits per heavy atom. The maximum atomic E-state index is 13.2. The Kier molecular flexibility index (Phi) is 4.33. The Bertz CT molecular complexity index is 717. The van der Waals surface area contributed by atoms with Crippen LogP contribution in [0.1, 0.15) is 5.56 Å². The van der Waals surface area contributed by atoms with Crippen molar-refractivity contribution >= 4 is 38.6 Å². The SMILES string of the molecule is CN(Cc1ccsc1)S(=O)(=O)c1cc(N)c(F)cc1Cl. The molecule has 8 heteroatoms. The van der Waals surface area contributed by atoms with E-state index in [0.29, 0.717) is 0 Å². The van der Waals surface area contributed by atoms with E-state index in [4.69, 9.17) is 17.3 Å². The van der Waals surface area contributed by atoms with Gasteiger partial charge in [-0.3, -0.25) is 0 Å². The number of hydrogen-bond acceptors (Lipinski definition) is 4. The fourth-order valence-corrected chi connectivity index (χ4v) is 3.97. The van der Waals surface area contributed by atoms with Crippen LogP contribution in [0.5, 0.6) is 0 Å². The summed E-state index contributed by atoms with van der Waals surface area (Å²) in [5, 5.41) is 3.53. The fraction of sp³-hybridized carbons (Fsp3) is 0.167. The van der Waals surface area contributed by atoms with E-state index in [9.17, 15) is 12.8 Å². The highest BCUT2D eigenvalue weighted by molar-refractivity contribution is 7.89. The normalized spacial score (nSPS) is 12.0. The fourth-order valence-electron chi connectivity index (χ4n) is 1.64. The zero-order valence-corrected chi connectivity index (χ0v) is 12.9. The summed E-state index contributed by atoms with van der Waals surface area (Å²) >= 11 is 7.29. The molecular weight excluding hydrogens is 323 g/mol. The Hall–Kier alpha value is -1.15. The van der Waals surface area contributed by atoms with E-state index in [-0.39, 0.29) is 22.2 Å². The third-order valence-corrected chi connectivity index (χ3v) is 5.72. The van der Waals surface area contributed by atoms with Crippen molar-refractivity contribution in [1.29, 1.82) is 0 Å². The Morgan fingerprint density at radius 1 is 1.45 bits per heavy atom. The molecule has 1 aromatic carbocycles. The summed E-state index contributed by atoms with van der Waals surface area (Å²) in [6.07, 6.45) is 0. The molecule has 1 heterocycles. The number of sulfonamides is 1. The van der Waals surface area contributed by atoms with Gasteiger partial charge in [0.25, 0.3) is 0 Å². The average Bonchev–Trinajstić information content (AvgIpc) is 2.86. The summed E-state index contributed by atoms with van der Waals surface area (Å²) in [5.74, 6) is -0.741. The molecule has 0 unspecified atom stereocenters. The van der Waals surface area contributed by atoms with Crippen LogP contribution in [0.3, 0.4) is 0 Å². The lowest BCUT2D eigenvalue weighted by Crippen LogP contribution is -2.26. The first-order valence-electron chi connectivity index (χ1n) is 5.54. The number of hydrogen-bond donors (Lipinski definition) is 1. The van der Waals surface area contributed by atoms with Crippen LogP contribution in [0.25, 0.3) is 0 Å². The van der Waals surface area contributed by atoms with Gasteiger partial charge in [0.05, 0.1) is 10.7 Å². The number of anilines is 1. The predicted molar refractivity (Wildman–Crippen MR) is 78.8 cm³/mol. The summed E-state index contributed by atoms with van der Waals surface area (Å²) < 4.78 is 39.2. The highest BCUT2D eigenvalue weighted by atomic mass is 35.5. The van der Waals surface area contributed by atoms with Gasteiger partial charge >= 0.3 is 0 Å². The monoisotopic (exact) mass is 334 g/mol. The second-order valence-electron chi connectivity index (χ2n) is 4.20. The van der Waals surface area contributed by atoms with Crippen LogP contribution in [-0.4, -0.2) is 19.8 Å². The Morgan fingerprint density at radius 2 is 2.15 bits per heavy atom. The molecule has 0 fully saturated rings. The number of nitrogens with zero attached hydrogens (tertiary/aromatic N) is 1. The number of rotatable bonds is 4. The quantitative estimate of drug-likeness (QED) is 0.874. The zero-order valence-electron chi connectivity index (χ0n) is 10.5. The second-order valence-corrected chi connectivity index (χ2v) is 7.40. The molecular formula is C12H12ClFN2O2S2.